The zero-order valence-electron chi connectivity index (χ0n) is 17.8. The van der Waals surface area contributed by atoms with Crippen molar-refractivity contribution in [1.29, 1.82) is 0 Å². The number of carbonyl (C=O) groups excluding carboxylic acids is 1. The first kappa shape index (κ1) is 22.2. The molecule has 4 aromatic rings. The second-order valence-electron chi connectivity index (χ2n) is 7.10. The van der Waals surface area contributed by atoms with E-state index in [4.69, 9.17) is 21.1 Å². The number of imidazole rings is 1. The lowest BCUT2D eigenvalue weighted by atomic mass is 10.1. The van der Waals surface area contributed by atoms with Gasteiger partial charge in [0, 0.05) is 10.6 Å². The fourth-order valence-corrected chi connectivity index (χ4v) is 3.53. The highest BCUT2D eigenvalue weighted by atomic mass is 35.5. The van der Waals surface area contributed by atoms with Crippen LogP contribution in [-0.2, 0) is 16.1 Å². The Bertz CT molecular complexity index is 1310. The predicted octanol–water partition coefficient (Wildman–Crippen LogP) is 5.02. The molecule has 0 spiro atoms. The van der Waals surface area contributed by atoms with Gasteiger partial charge in [0.1, 0.15) is 23.7 Å². The monoisotopic (exact) mass is 464 g/mol. The number of hydrogen-bond donors (Lipinski definition) is 1. The average molecular weight is 465 g/mol. The SMILES string of the molecule is CCOC(=O)Cn1c(O)c(-c2ccccc2)n(-c2ccc(Oc3ccc(Cl)cc3)cc2)c1=O. The van der Waals surface area contributed by atoms with E-state index in [1.807, 2.05) is 6.07 Å². The number of benzene rings is 3. The van der Waals surface area contributed by atoms with Crippen molar-refractivity contribution in [3.05, 3.63) is 94.4 Å². The summed E-state index contributed by atoms with van der Waals surface area (Å²) in [4.78, 5) is 25.3. The van der Waals surface area contributed by atoms with Crippen LogP contribution in [-0.4, -0.2) is 26.8 Å². The fraction of sp³-hybridized carbons (Fsp3) is 0.120. The van der Waals surface area contributed by atoms with E-state index in [9.17, 15) is 14.7 Å². The largest absolute Gasteiger partial charge is 0.493 e. The van der Waals surface area contributed by atoms with Gasteiger partial charge in [-0.25, -0.2) is 4.79 Å². The highest BCUT2D eigenvalue weighted by molar-refractivity contribution is 6.30. The van der Waals surface area contributed by atoms with Crippen LogP contribution in [0.25, 0.3) is 16.9 Å². The summed E-state index contributed by atoms with van der Waals surface area (Å²) >= 11 is 5.91. The van der Waals surface area contributed by atoms with E-state index in [1.54, 1.807) is 79.7 Å². The lowest BCUT2D eigenvalue weighted by molar-refractivity contribution is -0.143. The highest BCUT2D eigenvalue weighted by Crippen LogP contribution is 2.32. The Morgan fingerprint density at radius 2 is 1.55 bits per heavy atom. The maximum absolute atomic E-state index is 13.2. The number of hydrogen-bond acceptors (Lipinski definition) is 5. The van der Waals surface area contributed by atoms with Gasteiger partial charge in [0.25, 0.3) is 0 Å². The second-order valence-corrected chi connectivity index (χ2v) is 7.53. The van der Waals surface area contributed by atoms with Gasteiger partial charge >= 0.3 is 11.7 Å². The Morgan fingerprint density at radius 1 is 0.939 bits per heavy atom. The van der Waals surface area contributed by atoms with Crippen LogP contribution in [0.15, 0.2) is 83.7 Å². The summed E-state index contributed by atoms with van der Waals surface area (Å²) in [5.74, 6) is 0.247. The maximum atomic E-state index is 13.2. The molecule has 0 saturated heterocycles. The van der Waals surface area contributed by atoms with Gasteiger partial charge in [-0.3, -0.25) is 13.9 Å². The third kappa shape index (κ3) is 4.78. The number of halogens is 1. The van der Waals surface area contributed by atoms with Crippen molar-refractivity contribution < 1.29 is 19.4 Å². The minimum Gasteiger partial charge on any atom is -0.493 e. The van der Waals surface area contributed by atoms with Gasteiger partial charge in [-0.2, -0.15) is 0 Å². The molecule has 3 aromatic carbocycles. The Kier molecular flexibility index (Phi) is 6.51. The molecule has 168 valence electrons. The van der Waals surface area contributed by atoms with Crippen molar-refractivity contribution in [1.82, 2.24) is 9.13 Å². The first-order valence-electron chi connectivity index (χ1n) is 10.3. The quantitative estimate of drug-likeness (QED) is 0.388. The van der Waals surface area contributed by atoms with Gasteiger partial charge in [0.05, 0.1) is 12.3 Å². The zero-order chi connectivity index (χ0) is 23.4. The zero-order valence-corrected chi connectivity index (χ0v) is 18.5. The van der Waals surface area contributed by atoms with Crippen LogP contribution < -0.4 is 10.4 Å². The van der Waals surface area contributed by atoms with E-state index in [0.717, 1.165) is 4.57 Å². The Hall–Kier alpha value is -3.97. The van der Waals surface area contributed by atoms with Gasteiger partial charge in [-0.15, -0.1) is 0 Å². The molecular weight excluding hydrogens is 444 g/mol. The van der Waals surface area contributed by atoms with Gasteiger partial charge < -0.3 is 14.6 Å². The van der Waals surface area contributed by atoms with Crippen LogP contribution >= 0.6 is 11.6 Å². The third-order valence-electron chi connectivity index (χ3n) is 4.90. The van der Waals surface area contributed by atoms with Crippen molar-refractivity contribution in [3.8, 4) is 34.3 Å². The number of rotatable bonds is 7. The molecule has 7 nitrogen and oxygen atoms in total. The van der Waals surface area contributed by atoms with Crippen molar-refractivity contribution in [3.63, 3.8) is 0 Å². The molecule has 0 fully saturated rings. The van der Waals surface area contributed by atoms with Crippen LogP contribution in [0, 0.1) is 0 Å². The number of carbonyl (C=O) groups is 1. The first-order chi connectivity index (χ1) is 16.0. The number of esters is 1. The number of aromatic nitrogens is 2. The predicted molar refractivity (Wildman–Crippen MR) is 125 cm³/mol. The van der Waals surface area contributed by atoms with Crippen LogP contribution in [0.2, 0.25) is 5.02 Å². The molecule has 1 heterocycles. The van der Waals surface area contributed by atoms with Crippen molar-refractivity contribution in [2.75, 3.05) is 6.61 Å². The summed E-state index contributed by atoms with van der Waals surface area (Å²) < 4.78 is 13.1. The van der Waals surface area contributed by atoms with Crippen LogP contribution in [0.3, 0.4) is 0 Å². The summed E-state index contributed by atoms with van der Waals surface area (Å²) in [5, 5.41) is 11.5. The van der Waals surface area contributed by atoms with E-state index in [-0.39, 0.29) is 18.2 Å². The Morgan fingerprint density at radius 3 is 2.15 bits per heavy atom. The Balaban J connectivity index is 1.75. The maximum Gasteiger partial charge on any atom is 0.336 e. The average Bonchev–Trinajstić information content (AvgIpc) is 3.06. The van der Waals surface area contributed by atoms with Gasteiger partial charge in [0.15, 0.2) is 0 Å². The summed E-state index contributed by atoms with van der Waals surface area (Å²) in [6.07, 6.45) is 0. The topological polar surface area (TPSA) is 82.7 Å². The standard InChI is InChI=1S/C25H21ClN2O5/c1-2-32-22(29)16-27-24(30)23(17-6-4-3-5-7-17)28(25(27)31)19-10-14-21(15-11-19)33-20-12-8-18(26)9-13-20/h3-15,30H,2,16H2,1H3. The Labute approximate surface area is 195 Å². The highest BCUT2D eigenvalue weighted by Gasteiger charge is 2.23. The number of aromatic hydroxyl groups is 1. The van der Waals surface area contributed by atoms with E-state index in [1.165, 1.54) is 4.57 Å². The lowest BCUT2D eigenvalue weighted by Crippen LogP contribution is -2.27. The normalized spacial score (nSPS) is 10.7. The molecule has 0 aliphatic heterocycles. The smallest absolute Gasteiger partial charge is 0.336 e. The van der Waals surface area contributed by atoms with E-state index < -0.39 is 18.2 Å². The first-order valence-corrected chi connectivity index (χ1v) is 10.6. The number of ether oxygens (including phenoxy) is 2. The van der Waals surface area contributed by atoms with Crippen LogP contribution in [0.5, 0.6) is 17.4 Å². The molecule has 1 aromatic heterocycles. The van der Waals surface area contributed by atoms with Crippen LogP contribution in [0.1, 0.15) is 6.92 Å². The molecule has 0 saturated carbocycles. The minimum absolute atomic E-state index is 0.176. The molecule has 0 amide bonds. The summed E-state index contributed by atoms with van der Waals surface area (Å²) in [7, 11) is 0. The fourth-order valence-electron chi connectivity index (χ4n) is 3.41. The molecule has 4 rings (SSSR count). The third-order valence-corrected chi connectivity index (χ3v) is 5.15. The summed E-state index contributed by atoms with van der Waals surface area (Å²) in [6.45, 7) is 1.45. The van der Waals surface area contributed by atoms with Gasteiger partial charge in [-0.1, -0.05) is 41.9 Å². The molecule has 33 heavy (non-hydrogen) atoms. The van der Waals surface area contributed by atoms with Crippen molar-refractivity contribution >= 4 is 17.6 Å². The van der Waals surface area contributed by atoms with E-state index in [2.05, 4.69) is 0 Å². The van der Waals surface area contributed by atoms with E-state index >= 15 is 0 Å². The van der Waals surface area contributed by atoms with Crippen molar-refractivity contribution in [2.45, 2.75) is 13.5 Å². The number of nitrogens with zero attached hydrogens (tertiary/aromatic N) is 2. The molecule has 1 N–H and O–H groups in total. The van der Waals surface area contributed by atoms with Crippen molar-refractivity contribution in [2.24, 2.45) is 0 Å². The van der Waals surface area contributed by atoms with Gasteiger partial charge in [0.2, 0.25) is 5.88 Å². The van der Waals surface area contributed by atoms with E-state index in [0.29, 0.717) is 27.8 Å². The molecule has 0 radical (unpaired) electrons. The summed E-state index contributed by atoms with van der Waals surface area (Å²) in [6, 6.07) is 22.8. The molecule has 0 aliphatic carbocycles. The molecule has 0 aliphatic rings. The second kappa shape index (κ2) is 9.67. The molecule has 0 unspecified atom stereocenters. The molecule has 0 bridgehead atoms. The lowest BCUT2D eigenvalue weighted by Gasteiger charge is -2.10. The minimum atomic E-state index is -0.613. The van der Waals surface area contributed by atoms with Gasteiger partial charge in [-0.05, 0) is 55.5 Å². The summed E-state index contributed by atoms with van der Waals surface area (Å²) in [5.41, 5.74) is 0.832. The molecule has 8 heteroatoms. The molecule has 0 atom stereocenters. The molecular formula is C25H21ClN2O5. The van der Waals surface area contributed by atoms with Crippen LogP contribution in [0.4, 0.5) is 0 Å².